The lowest BCUT2D eigenvalue weighted by atomic mass is 10.0. The first-order chi connectivity index (χ1) is 6.33. The third kappa shape index (κ3) is 4.27. The van der Waals surface area contributed by atoms with E-state index in [1.54, 1.807) is 0 Å². The van der Waals surface area contributed by atoms with Crippen molar-refractivity contribution >= 4 is 5.91 Å². The third-order valence-corrected chi connectivity index (χ3v) is 2.49. The molecule has 1 atom stereocenters. The number of amides is 1. The summed E-state index contributed by atoms with van der Waals surface area (Å²) in [5.41, 5.74) is 0. The van der Waals surface area contributed by atoms with Crippen molar-refractivity contribution in [3.63, 3.8) is 0 Å². The first kappa shape index (κ1) is 10.5. The fourth-order valence-corrected chi connectivity index (χ4v) is 1.63. The van der Waals surface area contributed by atoms with E-state index in [-0.39, 0.29) is 5.91 Å². The summed E-state index contributed by atoms with van der Waals surface area (Å²) in [5.74, 6) is 0.795. The van der Waals surface area contributed by atoms with Crippen LogP contribution in [0.5, 0.6) is 0 Å². The zero-order valence-electron chi connectivity index (χ0n) is 8.44. The Morgan fingerprint density at radius 3 is 3.08 bits per heavy atom. The zero-order valence-corrected chi connectivity index (χ0v) is 8.44. The normalized spacial score (nSPS) is 21.8. The zero-order chi connectivity index (χ0) is 9.52. The number of unbranched alkanes of at least 4 members (excludes halogenated alkanes) is 1. The van der Waals surface area contributed by atoms with Gasteiger partial charge >= 0.3 is 0 Å². The lowest BCUT2D eigenvalue weighted by Crippen LogP contribution is -2.27. The van der Waals surface area contributed by atoms with E-state index >= 15 is 0 Å². The van der Waals surface area contributed by atoms with Crippen LogP contribution in [0.3, 0.4) is 0 Å². The van der Waals surface area contributed by atoms with Crippen LogP contribution in [-0.4, -0.2) is 25.5 Å². The van der Waals surface area contributed by atoms with Crippen LogP contribution in [0.2, 0.25) is 0 Å². The average molecular weight is 184 g/mol. The molecule has 0 spiro atoms. The van der Waals surface area contributed by atoms with Crippen molar-refractivity contribution in [1.82, 2.24) is 10.6 Å². The van der Waals surface area contributed by atoms with E-state index in [2.05, 4.69) is 17.6 Å². The topological polar surface area (TPSA) is 41.1 Å². The summed E-state index contributed by atoms with van der Waals surface area (Å²) >= 11 is 0. The number of hydrogen-bond acceptors (Lipinski definition) is 2. The van der Waals surface area contributed by atoms with E-state index in [1.165, 1.54) is 0 Å². The Kier molecular flexibility index (Phi) is 4.83. The van der Waals surface area contributed by atoms with Gasteiger partial charge in [0.05, 0.1) is 0 Å². The number of hydrogen-bond donors (Lipinski definition) is 2. The van der Waals surface area contributed by atoms with Crippen LogP contribution >= 0.6 is 0 Å². The molecule has 2 N–H and O–H groups in total. The largest absolute Gasteiger partial charge is 0.356 e. The predicted octanol–water partition coefficient (Wildman–Crippen LogP) is 0.902. The SMILES string of the molecule is CCCCNC(=O)CC1CCNC1. The minimum absolute atomic E-state index is 0.224. The van der Waals surface area contributed by atoms with Crippen molar-refractivity contribution < 1.29 is 4.79 Å². The third-order valence-electron chi connectivity index (χ3n) is 2.49. The molecular weight excluding hydrogens is 164 g/mol. The smallest absolute Gasteiger partial charge is 0.220 e. The van der Waals surface area contributed by atoms with Crippen molar-refractivity contribution in [2.45, 2.75) is 32.6 Å². The summed E-state index contributed by atoms with van der Waals surface area (Å²) in [6.07, 6.45) is 4.10. The summed E-state index contributed by atoms with van der Waals surface area (Å²) in [6, 6.07) is 0. The molecule has 0 aromatic heterocycles. The highest BCUT2D eigenvalue weighted by Crippen LogP contribution is 2.11. The van der Waals surface area contributed by atoms with Crippen LogP contribution < -0.4 is 10.6 Å². The Bertz CT molecular complexity index is 153. The van der Waals surface area contributed by atoms with E-state index < -0.39 is 0 Å². The molecule has 1 rings (SSSR count). The average Bonchev–Trinajstić information content (AvgIpc) is 2.57. The summed E-state index contributed by atoms with van der Waals surface area (Å²) in [5, 5.41) is 6.21. The fourth-order valence-electron chi connectivity index (χ4n) is 1.63. The van der Waals surface area contributed by atoms with Crippen molar-refractivity contribution in [2.75, 3.05) is 19.6 Å². The second kappa shape index (κ2) is 5.97. The summed E-state index contributed by atoms with van der Waals surface area (Å²) in [6.45, 7) is 5.07. The second-order valence-corrected chi connectivity index (χ2v) is 3.77. The van der Waals surface area contributed by atoms with Crippen molar-refractivity contribution in [1.29, 1.82) is 0 Å². The van der Waals surface area contributed by atoms with Crippen LogP contribution in [0.25, 0.3) is 0 Å². The van der Waals surface area contributed by atoms with Gasteiger partial charge in [-0.05, 0) is 31.8 Å². The van der Waals surface area contributed by atoms with Crippen LogP contribution in [0.4, 0.5) is 0 Å². The molecule has 76 valence electrons. The minimum Gasteiger partial charge on any atom is -0.356 e. The highest BCUT2D eigenvalue weighted by atomic mass is 16.1. The van der Waals surface area contributed by atoms with E-state index in [1.807, 2.05) is 0 Å². The van der Waals surface area contributed by atoms with E-state index in [4.69, 9.17) is 0 Å². The van der Waals surface area contributed by atoms with Gasteiger partial charge in [0.25, 0.3) is 0 Å². The molecule has 0 aromatic carbocycles. The molecule has 1 aliphatic heterocycles. The fraction of sp³-hybridized carbons (Fsp3) is 0.900. The summed E-state index contributed by atoms with van der Waals surface area (Å²) < 4.78 is 0. The molecule has 0 saturated carbocycles. The van der Waals surface area contributed by atoms with Gasteiger partial charge < -0.3 is 10.6 Å². The Labute approximate surface area is 80.3 Å². The molecule has 1 fully saturated rings. The Morgan fingerprint density at radius 2 is 2.46 bits per heavy atom. The van der Waals surface area contributed by atoms with Gasteiger partial charge in [0, 0.05) is 13.0 Å². The lowest BCUT2D eigenvalue weighted by Gasteiger charge is -2.08. The van der Waals surface area contributed by atoms with Gasteiger partial charge in [-0.25, -0.2) is 0 Å². The van der Waals surface area contributed by atoms with Gasteiger partial charge in [0.2, 0.25) is 5.91 Å². The number of carbonyl (C=O) groups excluding carboxylic acids is 1. The standard InChI is InChI=1S/C10H20N2O/c1-2-3-5-12-10(13)7-9-4-6-11-8-9/h9,11H,2-8H2,1H3,(H,12,13). The molecule has 3 nitrogen and oxygen atoms in total. The minimum atomic E-state index is 0.224. The van der Waals surface area contributed by atoms with Crippen LogP contribution in [-0.2, 0) is 4.79 Å². The molecular formula is C10H20N2O. The molecule has 0 bridgehead atoms. The van der Waals surface area contributed by atoms with Gasteiger partial charge in [-0.15, -0.1) is 0 Å². The summed E-state index contributed by atoms with van der Waals surface area (Å²) in [4.78, 5) is 11.3. The van der Waals surface area contributed by atoms with E-state index in [9.17, 15) is 4.79 Å². The first-order valence-electron chi connectivity index (χ1n) is 5.30. The summed E-state index contributed by atoms with van der Waals surface area (Å²) in [7, 11) is 0. The number of rotatable bonds is 5. The van der Waals surface area contributed by atoms with Gasteiger partial charge in [-0.1, -0.05) is 13.3 Å². The molecule has 1 amide bonds. The van der Waals surface area contributed by atoms with Gasteiger partial charge in [0.15, 0.2) is 0 Å². The molecule has 13 heavy (non-hydrogen) atoms. The highest BCUT2D eigenvalue weighted by Gasteiger charge is 2.17. The van der Waals surface area contributed by atoms with Crippen molar-refractivity contribution in [2.24, 2.45) is 5.92 Å². The molecule has 1 saturated heterocycles. The number of carbonyl (C=O) groups is 1. The molecule has 1 heterocycles. The Morgan fingerprint density at radius 1 is 1.62 bits per heavy atom. The second-order valence-electron chi connectivity index (χ2n) is 3.77. The Balaban J connectivity index is 2.02. The predicted molar refractivity (Wildman–Crippen MR) is 53.5 cm³/mol. The molecule has 0 radical (unpaired) electrons. The van der Waals surface area contributed by atoms with Gasteiger partial charge in [-0.3, -0.25) is 4.79 Å². The van der Waals surface area contributed by atoms with Crippen LogP contribution in [0.1, 0.15) is 32.6 Å². The van der Waals surface area contributed by atoms with Crippen LogP contribution in [0.15, 0.2) is 0 Å². The van der Waals surface area contributed by atoms with Gasteiger partial charge in [0.1, 0.15) is 0 Å². The lowest BCUT2D eigenvalue weighted by molar-refractivity contribution is -0.121. The molecule has 1 unspecified atom stereocenters. The quantitative estimate of drug-likeness (QED) is 0.623. The van der Waals surface area contributed by atoms with Crippen molar-refractivity contribution in [3.8, 4) is 0 Å². The molecule has 3 heteroatoms. The maximum atomic E-state index is 11.3. The van der Waals surface area contributed by atoms with Gasteiger partial charge in [-0.2, -0.15) is 0 Å². The monoisotopic (exact) mass is 184 g/mol. The molecule has 0 aliphatic carbocycles. The maximum absolute atomic E-state index is 11.3. The van der Waals surface area contributed by atoms with Crippen LogP contribution in [0, 0.1) is 5.92 Å². The van der Waals surface area contributed by atoms with E-state index in [0.29, 0.717) is 12.3 Å². The van der Waals surface area contributed by atoms with E-state index in [0.717, 1.165) is 38.9 Å². The highest BCUT2D eigenvalue weighted by molar-refractivity contribution is 5.76. The van der Waals surface area contributed by atoms with Crippen molar-refractivity contribution in [3.05, 3.63) is 0 Å². The maximum Gasteiger partial charge on any atom is 0.220 e. The molecule has 1 aliphatic rings. The number of nitrogens with one attached hydrogen (secondary N) is 2. The molecule has 0 aromatic rings. The Hall–Kier alpha value is -0.570. The first-order valence-corrected chi connectivity index (χ1v) is 5.30.